The Morgan fingerprint density at radius 1 is 1.21 bits per heavy atom. The van der Waals surface area contributed by atoms with Gasteiger partial charge >= 0.3 is 0 Å². The van der Waals surface area contributed by atoms with Gasteiger partial charge in [0, 0.05) is 36.8 Å². The second kappa shape index (κ2) is 4.34. The Morgan fingerprint density at radius 3 is 2.89 bits per heavy atom. The fourth-order valence-electron chi connectivity index (χ4n) is 3.34. The number of aromatic amines is 1. The first-order valence-electron chi connectivity index (χ1n) is 7.40. The lowest BCUT2D eigenvalue weighted by atomic mass is 10.1. The van der Waals surface area contributed by atoms with Crippen LogP contribution in [0.4, 0.5) is 0 Å². The zero-order valence-corrected chi connectivity index (χ0v) is 11.1. The molecule has 3 aliphatic rings. The van der Waals surface area contributed by atoms with E-state index in [2.05, 4.69) is 15.5 Å². The average Bonchev–Trinajstić information content (AvgIpc) is 3.02. The van der Waals surface area contributed by atoms with Crippen LogP contribution in [-0.2, 0) is 0 Å². The SMILES string of the molecule is O=C(c1cc(C2CC2)[nH]n1)N1CCC2CCC(C1)N2. The van der Waals surface area contributed by atoms with Gasteiger partial charge in [-0.2, -0.15) is 5.10 Å². The van der Waals surface area contributed by atoms with E-state index in [4.69, 9.17) is 0 Å². The van der Waals surface area contributed by atoms with Crippen molar-refractivity contribution in [2.45, 2.75) is 50.1 Å². The van der Waals surface area contributed by atoms with E-state index < -0.39 is 0 Å². The van der Waals surface area contributed by atoms with Crippen LogP contribution in [0.1, 0.15) is 54.2 Å². The summed E-state index contributed by atoms with van der Waals surface area (Å²) in [5, 5.41) is 10.8. The number of H-pyrrole nitrogens is 1. The zero-order chi connectivity index (χ0) is 12.8. The highest BCUT2D eigenvalue weighted by atomic mass is 16.2. The molecule has 3 fully saturated rings. The van der Waals surface area contributed by atoms with Crippen molar-refractivity contribution in [2.75, 3.05) is 13.1 Å². The van der Waals surface area contributed by atoms with Crippen molar-refractivity contribution in [3.8, 4) is 0 Å². The van der Waals surface area contributed by atoms with Crippen LogP contribution in [0, 0.1) is 0 Å². The van der Waals surface area contributed by atoms with Gasteiger partial charge in [0.15, 0.2) is 0 Å². The van der Waals surface area contributed by atoms with E-state index in [9.17, 15) is 4.79 Å². The lowest BCUT2D eigenvalue weighted by molar-refractivity contribution is 0.0742. The van der Waals surface area contributed by atoms with Crippen LogP contribution in [0.2, 0.25) is 0 Å². The Kier molecular flexibility index (Phi) is 2.62. The van der Waals surface area contributed by atoms with Gasteiger partial charge in [-0.05, 0) is 38.2 Å². The maximum absolute atomic E-state index is 12.5. The first-order valence-corrected chi connectivity index (χ1v) is 7.40. The van der Waals surface area contributed by atoms with Crippen LogP contribution in [-0.4, -0.2) is 46.2 Å². The summed E-state index contributed by atoms with van der Waals surface area (Å²) >= 11 is 0. The molecule has 0 aromatic carbocycles. The van der Waals surface area contributed by atoms with Gasteiger partial charge in [-0.25, -0.2) is 0 Å². The van der Waals surface area contributed by atoms with Crippen LogP contribution >= 0.6 is 0 Å². The van der Waals surface area contributed by atoms with Gasteiger partial charge in [0.25, 0.3) is 5.91 Å². The van der Waals surface area contributed by atoms with Crippen LogP contribution in [0.5, 0.6) is 0 Å². The lowest BCUT2D eigenvalue weighted by Gasteiger charge is -2.23. The number of likely N-dealkylation sites (tertiary alicyclic amines) is 1. The molecule has 2 aliphatic heterocycles. The smallest absolute Gasteiger partial charge is 0.274 e. The van der Waals surface area contributed by atoms with Crippen molar-refractivity contribution in [1.29, 1.82) is 0 Å². The van der Waals surface area contributed by atoms with Crippen LogP contribution < -0.4 is 5.32 Å². The summed E-state index contributed by atoms with van der Waals surface area (Å²) in [7, 11) is 0. The number of carbonyl (C=O) groups is 1. The normalized spacial score (nSPS) is 30.4. The second-order valence-electron chi connectivity index (χ2n) is 6.16. The third kappa shape index (κ3) is 2.16. The number of nitrogens with zero attached hydrogens (tertiary/aromatic N) is 2. The molecule has 1 amide bonds. The number of amides is 1. The molecular weight excluding hydrogens is 240 g/mol. The number of hydrogen-bond acceptors (Lipinski definition) is 3. The summed E-state index contributed by atoms with van der Waals surface area (Å²) < 4.78 is 0. The highest BCUT2D eigenvalue weighted by molar-refractivity contribution is 5.92. The maximum atomic E-state index is 12.5. The van der Waals surface area contributed by atoms with E-state index in [1.165, 1.54) is 25.7 Å². The standard InChI is InChI=1S/C14H20N4O/c19-14(13-7-12(16-17-13)9-1-2-9)18-6-5-10-3-4-11(8-18)15-10/h7,9-11,15H,1-6,8H2,(H,16,17). The maximum Gasteiger partial charge on any atom is 0.274 e. The van der Waals surface area contributed by atoms with E-state index in [1.807, 2.05) is 11.0 Å². The van der Waals surface area contributed by atoms with Gasteiger partial charge in [0.1, 0.15) is 5.69 Å². The summed E-state index contributed by atoms with van der Waals surface area (Å²) in [4.78, 5) is 14.5. The first kappa shape index (κ1) is 11.5. The molecule has 19 heavy (non-hydrogen) atoms. The molecule has 5 nitrogen and oxygen atoms in total. The van der Waals surface area contributed by atoms with Crippen molar-refractivity contribution in [3.05, 3.63) is 17.5 Å². The molecule has 3 heterocycles. The van der Waals surface area contributed by atoms with Crippen molar-refractivity contribution < 1.29 is 4.79 Å². The van der Waals surface area contributed by atoms with Gasteiger partial charge < -0.3 is 10.2 Å². The Labute approximate surface area is 112 Å². The number of fused-ring (bicyclic) bond motifs is 2. The summed E-state index contributed by atoms with van der Waals surface area (Å²) in [5.41, 5.74) is 1.73. The molecule has 0 spiro atoms. The third-order valence-electron chi connectivity index (χ3n) is 4.64. The molecule has 2 unspecified atom stereocenters. The number of aromatic nitrogens is 2. The lowest BCUT2D eigenvalue weighted by Crippen LogP contribution is -2.39. The predicted octanol–water partition coefficient (Wildman–Crippen LogP) is 1.25. The van der Waals surface area contributed by atoms with E-state index in [1.54, 1.807) is 0 Å². The molecule has 0 radical (unpaired) electrons. The number of rotatable bonds is 2. The fraction of sp³-hybridized carbons (Fsp3) is 0.714. The Morgan fingerprint density at radius 2 is 2.05 bits per heavy atom. The minimum absolute atomic E-state index is 0.0949. The number of carbonyl (C=O) groups excluding carboxylic acids is 1. The molecule has 1 aromatic heterocycles. The van der Waals surface area contributed by atoms with Crippen LogP contribution in [0.15, 0.2) is 6.07 Å². The van der Waals surface area contributed by atoms with E-state index in [0.717, 1.165) is 25.2 Å². The van der Waals surface area contributed by atoms with Crippen molar-refractivity contribution in [1.82, 2.24) is 20.4 Å². The molecule has 1 aromatic rings. The quantitative estimate of drug-likeness (QED) is 0.841. The molecule has 2 atom stereocenters. The topological polar surface area (TPSA) is 61.0 Å². The van der Waals surface area contributed by atoms with Crippen LogP contribution in [0.25, 0.3) is 0 Å². The average molecular weight is 260 g/mol. The molecule has 1 aliphatic carbocycles. The number of nitrogens with one attached hydrogen (secondary N) is 2. The molecule has 2 N–H and O–H groups in total. The highest BCUT2D eigenvalue weighted by Crippen LogP contribution is 2.39. The zero-order valence-electron chi connectivity index (χ0n) is 11.1. The third-order valence-corrected chi connectivity index (χ3v) is 4.64. The number of hydrogen-bond donors (Lipinski definition) is 2. The van der Waals surface area contributed by atoms with Crippen molar-refractivity contribution in [3.63, 3.8) is 0 Å². The van der Waals surface area contributed by atoms with Gasteiger partial charge in [-0.3, -0.25) is 9.89 Å². The Hall–Kier alpha value is -1.36. The van der Waals surface area contributed by atoms with Gasteiger partial charge in [-0.15, -0.1) is 0 Å². The van der Waals surface area contributed by atoms with Crippen LogP contribution in [0.3, 0.4) is 0 Å². The van der Waals surface area contributed by atoms with E-state index >= 15 is 0 Å². The fourth-order valence-corrected chi connectivity index (χ4v) is 3.34. The Balaban J connectivity index is 1.49. The van der Waals surface area contributed by atoms with Crippen molar-refractivity contribution >= 4 is 5.91 Å². The predicted molar refractivity (Wildman–Crippen MR) is 71.0 cm³/mol. The van der Waals surface area contributed by atoms with Gasteiger partial charge in [0.05, 0.1) is 0 Å². The summed E-state index contributed by atoms with van der Waals surface area (Å²) in [5.74, 6) is 0.716. The molecular formula is C14H20N4O. The van der Waals surface area contributed by atoms with E-state index in [0.29, 0.717) is 23.7 Å². The van der Waals surface area contributed by atoms with Gasteiger partial charge in [0.2, 0.25) is 0 Å². The molecule has 102 valence electrons. The van der Waals surface area contributed by atoms with Crippen molar-refractivity contribution in [2.24, 2.45) is 0 Å². The summed E-state index contributed by atoms with van der Waals surface area (Å²) in [6, 6.07) is 3.05. The minimum atomic E-state index is 0.0949. The molecule has 4 rings (SSSR count). The second-order valence-corrected chi connectivity index (χ2v) is 6.16. The minimum Gasteiger partial charge on any atom is -0.336 e. The molecule has 2 saturated heterocycles. The highest BCUT2D eigenvalue weighted by Gasteiger charge is 2.33. The van der Waals surface area contributed by atoms with E-state index in [-0.39, 0.29) is 5.91 Å². The first-order chi connectivity index (χ1) is 9.29. The summed E-state index contributed by atoms with van der Waals surface area (Å²) in [6.45, 7) is 1.69. The monoisotopic (exact) mass is 260 g/mol. The largest absolute Gasteiger partial charge is 0.336 e. The Bertz CT molecular complexity index is 493. The summed E-state index contributed by atoms with van der Waals surface area (Å²) in [6.07, 6.45) is 5.99. The molecule has 2 bridgehead atoms. The van der Waals surface area contributed by atoms with Gasteiger partial charge in [-0.1, -0.05) is 0 Å². The molecule has 5 heteroatoms. The molecule has 1 saturated carbocycles.